The quantitative estimate of drug-likeness (QED) is 0.261. The zero-order valence-corrected chi connectivity index (χ0v) is 24.5. The third-order valence-corrected chi connectivity index (χ3v) is 7.65. The number of anilines is 1. The molecule has 0 aliphatic carbocycles. The first-order valence-electron chi connectivity index (χ1n) is 13.3. The summed E-state index contributed by atoms with van der Waals surface area (Å²) < 4.78 is 56.2. The summed E-state index contributed by atoms with van der Waals surface area (Å²) in [6.45, 7) is 0.763. The van der Waals surface area contributed by atoms with E-state index in [4.69, 9.17) is 10.7 Å². The van der Waals surface area contributed by atoms with Gasteiger partial charge in [0, 0.05) is 55.1 Å². The highest BCUT2D eigenvalue weighted by atomic mass is 32.2. The molecule has 5 rings (SSSR count). The van der Waals surface area contributed by atoms with E-state index in [1.54, 1.807) is 37.4 Å². The molecule has 0 radical (unpaired) electrons. The van der Waals surface area contributed by atoms with E-state index in [1.165, 1.54) is 16.8 Å². The number of likely N-dealkylation sites (tertiary alicyclic amines) is 1. The molecule has 43 heavy (non-hydrogen) atoms. The van der Waals surface area contributed by atoms with Crippen molar-refractivity contribution in [2.75, 3.05) is 31.1 Å². The average molecular weight is 609 g/mol. The van der Waals surface area contributed by atoms with Crippen LogP contribution in [0, 0.1) is 23.5 Å². The number of hydrogen-bond acceptors (Lipinski definition) is 7. The fourth-order valence-corrected chi connectivity index (χ4v) is 6.02. The van der Waals surface area contributed by atoms with E-state index in [0.29, 0.717) is 52.1 Å². The molecule has 4 aromatic rings. The molecule has 1 aliphatic heterocycles. The Hall–Kier alpha value is -4.38. The van der Waals surface area contributed by atoms with E-state index < -0.39 is 39.1 Å². The van der Waals surface area contributed by atoms with Gasteiger partial charge in [0.2, 0.25) is 15.9 Å². The molecule has 0 saturated carbocycles. The molecule has 1 aliphatic rings. The SMILES string of the molecule is CN1CC(O)(C#Cc2ccc(-c3cccc4c(NS(C)(=O)=O)nn(C)c34)c([C@H](CC(N)=O)Cc3cc(F)cc(F)c3)n2)C1. The molecule has 1 amide bonds. The monoisotopic (exact) mass is 608 g/mol. The van der Waals surface area contributed by atoms with Crippen molar-refractivity contribution in [3.63, 3.8) is 0 Å². The Bertz CT molecular complexity index is 1890. The number of aryl methyl sites for hydroxylation is 1. The molecule has 4 N–H and O–H groups in total. The lowest BCUT2D eigenvalue weighted by Gasteiger charge is -2.40. The highest BCUT2D eigenvalue weighted by molar-refractivity contribution is 7.92. The highest BCUT2D eigenvalue weighted by Gasteiger charge is 2.37. The summed E-state index contributed by atoms with van der Waals surface area (Å²) in [4.78, 5) is 19.0. The summed E-state index contributed by atoms with van der Waals surface area (Å²) in [6, 6.07) is 11.8. The number of aromatic nitrogens is 3. The summed E-state index contributed by atoms with van der Waals surface area (Å²) in [5.74, 6) is 3.06. The second kappa shape index (κ2) is 11.4. The largest absolute Gasteiger partial charge is 0.375 e. The molecule has 0 unspecified atom stereocenters. The second-order valence-electron chi connectivity index (χ2n) is 11.0. The molecule has 2 aromatic heterocycles. The fraction of sp³-hybridized carbons (Fsp3) is 0.300. The van der Waals surface area contributed by atoms with Crippen molar-refractivity contribution >= 4 is 32.7 Å². The highest BCUT2D eigenvalue weighted by Crippen LogP contribution is 2.38. The number of carbonyl (C=O) groups is 1. The van der Waals surface area contributed by atoms with Crippen molar-refractivity contribution in [3.8, 4) is 23.0 Å². The molecule has 1 saturated heterocycles. The van der Waals surface area contributed by atoms with Crippen LogP contribution in [0.3, 0.4) is 0 Å². The van der Waals surface area contributed by atoms with Crippen LogP contribution in [0.15, 0.2) is 48.5 Å². The maximum atomic E-state index is 14.1. The Morgan fingerprint density at radius 3 is 2.47 bits per heavy atom. The topological polar surface area (TPSA) is 143 Å². The Balaban J connectivity index is 1.70. The number of rotatable bonds is 8. The van der Waals surface area contributed by atoms with Gasteiger partial charge in [0.15, 0.2) is 11.4 Å². The van der Waals surface area contributed by atoms with E-state index in [2.05, 4.69) is 21.7 Å². The van der Waals surface area contributed by atoms with Crippen LogP contribution >= 0.6 is 0 Å². The third-order valence-electron chi connectivity index (χ3n) is 7.09. The number of pyridine rings is 1. The van der Waals surface area contributed by atoms with Gasteiger partial charge in [-0.15, -0.1) is 0 Å². The van der Waals surface area contributed by atoms with Gasteiger partial charge in [0.05, 0.1) is 17.5 Å². The van der Waals surface area contributed by atoms with E-state index in [-0.39, 0.29) is 18.7 Å². The summed E-state index contributed by atoms with van der Waals surface area (Å²) in [5.41, 5.74) is 7.24. The first kappa shape index (κ1) is 30.1. The minimum atomic E-state index is -3.62. The molecule has 0 bridgehead atoms. The van der Waals surface area contributed by atoms with Gasteiger partial charge < -0.3 is 10.8 Å². The molecule has 224 valence electrons. The van der Waals surface area contributed by atoms with E-state index >= 15 is 0 Å². The van der Waals surface area contributed by atoms with Crippen LogP contribution in [0.25, 0.3) is 22.0 Å². The number of benzene rings is 2. The number of aliphatic hydroxyl groups is 1. The molecule has 1 atom stereocenters. The predicted octanol–water partition coefficient (Wildman–Crippen LogP) is 2.51. The maximum absolute atomic E-state index is 14.1. The van der Waals surface area contributed by atoms with Crippen LogP contribution in [0.1, 0.15) is 29.3 Å². The Labute approximate surface area is 247 Å². The number of nitrogens with one attached hydrogen (secondary N) is 1. The maximum Gasteiger partial charge on any atom is 0.231 e. The summed E-state index contributed by atoms with van der Waals surface area (Å²) in [7, 11) is -0.0964. The van der Waals surface area contributed by atoms with Crippen LogP contribution in [0.4, 0.5) is 14.6 Å². The lowest BCUT2D eigenvalue weighted by atomic mass is 9.87. The van der Waals surface area contributed by atoms with Gasteiger partial charge in [-0.2, -0.15) is 5.10 Å². The van der Waals surface area contributed by atoms with Crippen molar-refractivity contribution in [1.29, 1.82) is 0 Å². The normalized spacial score (nSPS) is 15.4. The van der Waals surface area contributed by atoms with Gasteiger partial charge in [-0.25, -0.2) is 22.2 Å². The van der Waals surface area contributed by atoms with Gasteiger partial charge in [-0.1, -0.05) is 18.1 Å². The van der Waals surface area contributed by atoms with Crippen molar-refractivity contribution < 1.29 is 27.1 Å². The number of halogens is 2. The van der Waals surface area contributed by atoms with Crippen molar-refractivity contribution in [3.05, 3.63) is 77.1 Å². The number of primary amides is 1. The Kier molecular flexibility index (Phi) is 7.95. The summed E-state index contributed by atoms with van der Waals surface area (Å²) >= 11 is 0. The van der Waals surface area contributed by atoms with Crippen LogP contribution in [0.2, 0.25) is 0 Å². The van der Waals surface area contributed by atoms with Crippen LogP contribution in [-0.2, 0) is 28.3 Å². The number of carbonyl (C=O) groups excluding carboxylic acids is 1. The molecule has 13 heteroatoms. The molecule has 0 spiro atoms. The standard InChI is InChI=1S/C30H30F2N6O4S/c1-37-16-30(40,17-37)10-9-22-7-8-23(24-5-4-6-25-28(24)38(2)35-29(25)36-43(3,41)42)27(34-22)19(14-26(33)39)11-18-12-20(31)15-21(32)13-18/h4-8,12-13,15,19,40H,11,14,16-17H2,1-3H3,(H2,33,39)(H,35,36)/t19-/m0/s1. The zero-order valence-electron chi connectivity index (χ0n) is 23.7. The molecule has 1 fully saturated rings. The smallest absolute Gasteiger partial charge is 0.231 e. The van der Waals surface area contributed by atoms with Gasteiger partial charge in [0.1, 0.15) is 17.3 Å². The third kappa shape index (κ3) is 6.83. The fourth-order valence-electron chi connectivity index (χ4n) is 5.52. The number of amides is 1. The van der Waals surface area contributed by atoms with Crippen molar-refractivity contribution in [2.45, 2.75) is 24.4 Å². The minimum absolute atomic E-state index is 0.0332. The number of sulfonamides is 1. The molecule has 10 nitrogen and oxygen atoms in total. The summed E-state index contributed by atoms with van der Waals surface area (Å²) in [5, 5.41) is 15.5. The van der Waals surface area contributed by atoms with Gasteiger partial charge in [-0.3, -0.25) is 19.1 Å². The lowest BCUT2D eigenvalue weighted by molar-refractivity contribution is -0.118. The van der Waals surface area contributed by atoms with E-state index in [9.17, 15) is 27.1 Å². The Morgan fingerprint density at radius 1 is 1.14 bits per heavy atom. The first-order chi connectivity index (χ1) is 20.2. The van der Waals surface area contributed by atoms with Gasteiger partial charge in [0.25, 0.3) is 0 Å². The molecule has 3 heterocycles. The van der Waals surface area contributed by atoms with Gasteiger partial charge >= 0.3 is 0 Å². The summed E-state index contributed by atoms with van der Waals surface area (Å²) in [6.07, 6.45) is 0.873. The minimum Gasteiger partial charge on any atom is -0.375 e. The van der Waals surface area contributed by atoms with Gasteiger partial charge in [-0.05, 0) is 55.3 Å². The number of nitrogens with two attached hydrogens (primary N) is 1. The second-order valence-corrected chi connectivity index (χ2v) is 12.7. The van der Waals surface area contributed by atoms with Crippen molar-refractivity contribution in [2.24, 2.45) is 12.8 Å². The molecular formula is C30H30F2N6O4S. The van der Waals surface area contributed by atoms with E-state index in [0.717, 1.165) is 12.3 Å². The molecule has 2 aromatic carbocycles. The average Bonchev–Trinajstić information content (AvgIpc) is 3.19. The van der Waals surface area contributed by atoms with E-state index in [1.807, 2.05) is 11.9 Å². The number of para-hydroxylation sites is 1. The Morgan fingerprint density at radius 2 is 1.84 bits per heavy atom. The van der Waals surface area contributed by atoms with Crippen LogP contribution in [-0.4, -0.2) is 71.1 Å². The predicted molar refractivity (Wildman–Crippen MR) is 158 cm³/mol. The van der Waals surface area contributed by atoms with Crippen LogP contribution < -0.4 is 10.5 Å². The number of β-amino-alcohol motifs (C(OH)–C–C–N with tert-alkyl or cyclic N) is 1. The number of nitrogens with zero attached hydrogens (tertiary/aromatic N) is 4. The van der Waals surface area contributed by atoms with Crippen molar-refractivity contribution in [1.82, 2.24) is 19.7 Å². The zero-order chi connectivity index (χ0) is 31.1. The first-order valence-corrected chi connectivity index (χ1v) is 15.2. The number of likely N-dealkylation sites (N-methyl/N-ethyl adjacent to an activating group) is 1. The van der Waals surface area contributed by atoms with Crippen LogP contribution in [0.5, 0.6) is 0 Å². The number of hydrogen-bond donors (Lipinski definition) is 3. The number of fused-ring (bicyclic) bond motifs is 1. The molecular weight excluding hydrogens is 578 g/mol. The lowest BCUT2D eigenvalue weighted by Crippen LogP contribution is -2.59.